The Kier molecular flexibility index (Phi) is 3.76. The van der Waals surface area contributed by atoms with E-state index in [1.165, 1.54) is 19.3 Å². The SMILES string of the molecule is CCCCC1NCN(CC2(C(C)C)CC2)C1=O. The summed E-state index contributed by atoms with van der Waals surface area (Å²) >= 11 is 0. The summed E-state index contributed by atoms with van der Waals surface area (Å²) < 4.78 is 0. The molecule has 3 heteroatoms. The van der Waals surface area contributed by atoms with Gasteiger partial charge in [-0.1, -0.05) is 33.6 Å². The molecule has 1 saturated heterocycles. The van der Waals surface area contributed by atoms with E-state index in [1.807, 2.05) is 4.90 Å². The van der Waals surface area contributed by atoms with Crippen LogP contribution in [-0.4, -0.2) is 30.1 Å². The molecule has 1 heterocycles. The van der Waals surface area contributed by atoms with E-state index in [9.17, 15) is 4.79 Å². The smallest absolute Gasteiger partial charge is 0.240 e. The monoisotopic (exact) mass is 238 g/mol. The molecule has 1 aliphatic heterocycles. The lowest BCUT2D eigenvalue weighted by Gasteiger charge is -2.26. The van der Waals surface area contributed by atoms with Gasteiger partial charge >= 0.3 is 0 Å². The van der Waals surface area contributed by atoms with Crippen LogP contribution in [0.4, 0.5) is 0 Å². The molecule has 0 radical (unpaired) electrons. The number of nitrogens with one attached hydrogen (secondary N) is 1. The maximum absolute atomic E-state index is 12.2. The first-order valence-electron chi connectivity index (χ1n) is 7.11. The van der Waals surface area contributed by atoms with Gasteiger partial charge in [0.25, 0.3) is 0 Å². The van der Waals surface area contributed by atoms with Crippen LogP contribution in [0.15, 0.2) is 0 Å². The Hall–Kier alpha value is -0.570. The summed E-state index contributed by atoms with van der Waals surface area (Å²) in [5.41, 5.74) is 0.441. The molecule has 2 rings (SSSR count). The Bertz CT molecular complexity index is 284. The minimum Gasteiger partial charge on any atom is -0.328 e. The molecule has 1 saturated carbocycles. The third-order valence-corrected chi connectivity index (χ3v) is 4.61. The molecule has 2 fully saturated rings. The summed E-state index contributed by atoms with van der Waals surface area (Å²) in [6, 6.07) is 0.0953. The number of hydrogen-bond acceptors (Lipinski definition) is 2. The fourth-order valence-electron chi connectivity index (χ4n) is 2.83. The van der Waals surface area contributed by atoms with Gasteiger partial charge in [-0.05, 0) is 30.6 Å². The van der Waals surface area contributed by atoms with Crippen molar-refractivity contribution in [1.29, 1.82) is 0 Å². The molecule has 98 valence electrons. The highest BCUT2D eigenvalue weighted by Gasteiger charge is 2.48. The van der Waals surface area contributed by atoms with E-state index in [1.54, 1.807) is 0 Å². The van der Waals surface area contributed by atoms with E-state index in [0.29, 0.717) is 17.2 Å². The number of carbonyl (C=O) groups excluding carboxylic acids is 1. The Morgan fingerprint density at radius 1 is 1.47 bits per heavy atom. The summed E-state index contributed by atoms with van der Waals surface area (Å²) in [5, 5.41) is 3.36. The van der Waals surface area contributed by atoms with Crippen molar-refractivity contribution in [2.24, 2.45) is 11.3 Å². The number of unbranched alkanes of at least 4 members (excludes halogenated alkanes) is 1. The van der Waals surface area contributed by atoms with E-state index < -0.39 is 0 Å². The van der Waals surface area contributed by atoms with Gasteiger partial charge in [0.1, 0.15) is 0 Å². The van der Waals surface area contributed by atoms with Crippen LogP contribution in [0.25, 0.3) is 0 Å². The molecule has 3 nitrogen and oxygen atoms in total. The summed E-state index contributed by atoms with van der Waals surface area (Å²) in [4.78, 5) is 14.3. The number of hydrogen-bond donors (Lipinski definition) is 1. The molecular weight excluding hydrogens is 212 g/mol. The lowest BCUT2D eigenvalue weighted by atomic mass is 9.92. The van der Waals surface area contributed by atoms with E-state index in [2.05, 4.69) is 26.1 Å². The number of amides is 1. The zero-order valence-electron chi connectivity index (χ0n) is 11.5. The largest absolute Gasteiger partial charge is 0.328 e. The van der Waals surface area contributed by atoms with Crippen molar-refractivity contribution in [1.82, 2.24) is 10.2 Å². The van der Waals surface area contributed by atoms with Crippen LogP contribution >= 0.6 is 0 Å². The minimum absolute atomic E-state index is 0.0953. The molecule has 1 unspecified atom stereocenters. The first-order valence-corrected chi connectivity index (χ1v) is 7.11. The average Bonchev–Trinajstić information content (AvgIpc) is 3.00. The standard InChI is InChI=1S/C14H26N2O/c1-4-5-6-12-13(17)16(10-15-12)9-14(7-8-14)11(2)3/h11-12,15H,4-10H2,1-3H3. The Morgan fingerprint density at radius 3 is 2.71 bits per heavy atom. The van der Waals surface area contributed by atoms with Gasteiger partial charge in [0.05, 0.1) is 12.7 Å². The van der Waals surface area contributed by atoms with Crippen molar-refractivity contribution >= 4 is 5.91 Å². The molecule has 1 aliphatic carbocycles. The molecule has 0 bridgehead atoms. The van der Waals surface area contributed by atoms with Crippen LogP contribution in [-0.2, 0) is 4.79 Å². The highest BCUT2D eigenvalue weighted by Crippen LogP contribution is 2.52. The normalized spacial score (nSPS) is 26.9. The summed E-state index contributed by atoms with van der Waals surface area (Å²) in [6.07, 6.45) is 5.91. The predicted molar refractivity (Wildman–Crippen MR) is 69.5 cm³/mol. The van der Waals surface area contributed by atoms with Gasteiger partial charge in [0.15, 0.2) is 0 Å². The van der Waals surface area contributed by atoms with Crippen molar-refractivity contribution in [3.05, 3.63) is 0 Å². The van der Waals surface area contributed by atoms with Crippen molar-refractivity contribution < 1.29 is 4.79 Å². The van der Waals surface area contributed by atoms with Crippen LogP contribution in [0.3, 0.4) is 0 Å². The molecule has 0 spiro atoms. The number of nitrogens with zero attached hydrogens (tertiary/aromatic N) is 1. The molecule has 0 aromatic carbocycles. The van der Waals surface area contributed by atoms with Crippen LogP contribution in [0.5, 0.6) is 0 Å². The van der Waals surface area contributed by atoms with Crippen molar-refractivity contribution in [2.45, 2.75) is 58.9 Å². The van der Waals surface area contributed by atoms with Gasteiger partial charge in [-0.15, -0.1) is 0 Å². The second kappa shape index (κ2) is 4.97. The van der Waals surface area contributed by atoms with Gasteiger partial charge in [-0.25, -0.2) is 0 Å². The average molecular weight is 238 g/mol. The van der Waals surface area contributed by atoms with Gasteiger partial charge in [-0.2, -0.15) is 0 Å². The lowest BCUT2D eigenvalue weighted by Crippen LogP contribution is -2.36. The van der Waals surface area contributed by atoms with Gasteiger partial charge in [-0.3, -0.25) is 10.1 Å². The van der Waals surface area contributed by atoms with Crippen molar-refractivity contribution in [3.63, 3.8) is 0 Å². The zero-order valence-corrected chi connectivity index (χ0v) is 11.5. The first-order chi connectivity index (χ1) is 8.09. The fourth-order valence-corrected chi connectivity index (χ4v) is 2.83. The van der Waals surface area contributed by atoms with Crippen LogP contribution < -0.4 is 5.32 Å². The predicted octanol–water partition coefficient (Wildman–Crippen LogP) is 2.37. The molecule has 0 aromatic heterocycles. The van der Waals surface area contributed by atoms with Gasteiger partial charge in [0.2, 0.25) is 5.91 Å². The highest BCUT2D eigenvalue weighted by atomic mass is 16.2. The first kappa shape index (κ1) is 12.9. The minimum atomic E-state index is 0.0953. The van der Waals surface area contributed by atoms with Crippen LogP contribution in [0, 0.1) is 11.3 Å². The maximum atomic E-state index is 12.2. The fraction of sp³-hybridized carbons (Fsp3) is 0.929. The van der Waals surface area contributed by atoms with E-state index in [4.69, 9.17) is 0 Å². The quantitative estimate of drug-likeness (QED) is 0.770. The van der Waals surface area contributed by atoms with E-state index in [0.717, 1.165) is 26.1 Å². The third kappa shape index (κ3) is 2.65. The van der Waals surface area contributed by atoms with Crippen molar-refractivity contribution in [2.75, 3.05) is 13.2 Å². The molecule has 17 heavy (non-hydrogen) atoms. The second-order valence-electron chi connectivity index (χ2n) is 6.11. The Balaban J connectivity index is 1.85. The lowest BCUT2D eigenvalue weighted by molar-refractivity contribution is -0.130. The number of carbonyl (C=O) groups is 1. The molecule has 2 aliphatic rings. The van der Waals surface area contributed by atoms with Gasteiger partial charge in [0, 0.05) is 6.54 Å². The maximum Gasteiger partial charge on any atom is 0.240 e. The molecule has 1 amide bonds. The van der Waals surface area contributed by atoms with Gasteiger partial charge < -0.3 is 4.90 Å². The summed E-state index contributed by atoms with van der Waals surface area (Å²) in [7, 11) is 0. The molecule has 0 aromatic rings. The molecule has 1 atom stereocenters. The Morgan fingerprint density at radius 2 is 2.18 bits per heavy atom. The van der Waals surface area contributed by atoms with Crippen molar-refractivity contribution in [3.8, 4) is 0 Å². The number of rotatable bonds is 6. The molecule has 1 N–H and O–H groups in total. The highest BCUT2D eigenvalue weighted by molar-refractivity contribution is 5.83. The van der Waals surface area contributed by atoms with E-state index >= 15 is 0 Å². The van der Waals surface area contributed by atoms with Crippen LogP contribution in [0.2, 0.25) is 0 Å². The molecular formula is C14H26N2O. The van der Waals surface area contributed by atoms with E-state index in [-0.39, 0.29) is 6.04 Å². The Labute approximate surface area is 105 Å². The second-order valence-corrected chi connectivity index (χ2v) is 6.11. The summed E-state index contributed by atoms with van der Waals surface area (Å²) in [5.74, 6) is 1.04. The zero-order chi connectivity index (χ0) is 12.5. The topological polar surface area (TPSA) is 32.3 Å². The third-order valence-electron chi connectivity index (χ3n) is 4.61. The summed E-state index contributed by atoms with van der Waals surface area (Å²) in [6.45, 7) is 8.49. The van der Waals surface area contributed by atoms with Crippen LogP contribution in [0.1, 0.15) is 52.9 Å².